The molecule has 0 atom stereocenters. The summed E-state index contributed by atoms with van der Waals surface area (Å²) in [4.78, 5) is 36.6. The molecule has 7 heteroatoms. The molecule has 3 rings (SSSR count). The molecule has 2 aromatic heterocycles. The van der Waals surface area contributed by atoms with E-state index in [-0.39, 0.29) is 25.4 Å². The minimum atomic E-state index is -0.529. The lowest BCUT2D eigenvalue weighted by atomic mass is 10.2. The van der Waals surface area contributed by atoms with Crippen molar-refractivity contribution in [1.82, 2.24) is 14.9 Å². The van der Waals surface area contributed by atoms with Crippen molar-refractivity contribution >= 4 is 5.91 Å². The molecule has 0 saturated heterocycles. The monoisotopic (exact) mass is 339 g/mol. The quantitative estimate of drug-likeness (QED) is 0.711. The summed E-state index contributed by atoms with van der Waals surface area (Å²) >= 11 is 0. The van der Waals surface area contributed by atoms with Crippen LogP contribution in [0.3, 0.4) is 0 Å². The van der Waals surface area contributed by atoms with Gasteiger partial charge in [-0.05, 0) is 12.1 Å². The zero-order valence-corrected chi connectivity index (χ0v) is 13.4. The zero-order valence-electron chi connectivity index (χ0n) is 13.4. The van der Waals surface area contributed by atoms with Crippen molar-refractivity contribution in [2.75, 3.05) is 0 Å². The highest BCUT2D eigenvalue weighted by atomic mass is 16.3. The highest BCUT2D eigenvalue weighted by molar-refractivity contribution is 5.75. The van der Waals surface area contributed by atoms with E-state index in [4.69, 9.17) is 4.42 Å². The van der Waals surface area contributed by atoms with Crippen LogP contribution in [0, 0.1) is 0 Å². The Morgan fingerprint density at radius 3 is 2.64 bits per heavy atom. The molecular formula is C18H17N3O4. The van der Waals surface area contributed by atoms with Crippen LogP contribution in [0.5, 0.6) is 0 Å². The first-order chi connectivity index (χ1) is 12.1. The van der Waals surface area contributed by atoms with Gasteiger partial charge in [0.25, 0.3) is 5.56 Å². The van der Waals surface area contributed by atoms with Crippen molar-refractivity contribution in [1.29, 1.82) is 0 Å². The van der Waals surface area contributed by atoms with Gasteiger partial charge in [-0.3, -0.25) is 14.6 Å². The first-order valence-electron chi connectivity index (χ1n) is 7.82. The highest BCUT2D eigenvalue weighted by Crippen LogP contribution is 2.21. The van der Waals surface area contributed by atoms with Gasteiger partial charge in [-0.15, -0.1) is 0 Å². The van der Waals surface area contributed by atoms with E-state index in [9.17, 15) is 14.4 Å². The van der Waals surface area contributed by atoms with E-state index < -0.39 is 11.2 Å². The Labute approximate surface area is 142 Å². The van der Waals surface area contributed by atoms with E-state index in [1.54, 1.807) is 0 Å². The summed E-state index contributed by atoms with van der Waals surface area (Å²) in [5, 5.41) is 2.74. The molecule has 25 heavy (non-hydrogen) atoms. The van der Waals surface area contributed by atoms with Crippen molar-refractivity contribution in [3.05, 3.63) is 81.3 Å². The van der Waals surface area contributed by atoms with E-state index in [2.05, 4.69) is 10.3 Å². The molecule has 0 unspecified atom stereocenters. The predicted molar refractivity (Wildman–Crippen MR) is 91.9 cm³/mol. The number of nitrogens with one attached hydrogen (secondary N) is 2. The van der Waals surface area contributed by atoms with Crippen LogP contribution in [-0.2, 0) is 17.9 Å². The molecule has 2 N–H and O–H groups in total. The third kappa shape index (κ3) is 4.35. The van der Waals surface area contributed by atoms with Gasteiger partial charge in [0.2, 0.25) is 5.91 Å². The van der Waals surface area contributed by atoms with Crippen LogP contribution in [0.2, 0.25) is 0 Å². The average molecular weight is 339 g/mol. The number of amides is 1. The largest absolute Gasteiger partial charge is 0.459 e. The Bertz CT molecular complexity index is 969. The maximum Gasteiger partial charge on any atom is 0.328 e. The summed E-state index contributed by atoms with van der Waals surface area (Å²) in [6.07, 6.45) is 1.49. The SMILES string of the molecule is O=C(CCn1ccc(=O)[nH]c1=O)NCc1ccc(-c2ccccc2)o1. The van der Waals surface area contributed by atoms with Crippen LogP contribution in [0.1, 0.15) is 12.2 Å². The van der Waals surface area contributed by atoms with Gasteiger partial charge >= 0.3 is 5.69 Å². The molecule has 0 bridgehead atoms. The maximum absolute atomic E-state index is 11.9. The number of aromatic nitrogens is 2. The molecular weight excluding hydrogens is 322 g/mol. The van der Waals surface area contributed by atoms with Gasteiger partial charge < -0.3 is 14.3 Å². The molecule has 7 nitrogen and oxygen atoms in total. The van der Waals surface area contributed by atoms with Gasteiger partial charge in [-0.1, -0.05) is 30.3 Å². The fourth-order valence-corrected chi connectivity index (χ4v) is 2.35. The fourth-order valence-electron chi connectivity index (χ4n) is 2.35. The fraction of sp³-hybridized carbons (Fsp3) is 0.167. The average Bonchev–Trinajstić information content (AvgIpc) is 3.09. The maximum atomic E-state index is 11.9. The van der Waals surface area contributed by atoms with Gasteiger partial charge in [0.1, 0.15) is 11.5 Å². The third-order valence-corrected chi connectivity index (χ3v) is 3.66. The summed E-state index contributed by atoms with van der Waals surface area (Å²) < 4.78 is 6.98. The first kappa shape index (κ1) is 16.5. The van der Waals surface area contributed by atoms with Crippen LogP contribution >= 0.6 is 0 Å². The number of aromatic amines is 1. The van der Waals surface area contributed by atoms with Crippen LogP contribution in [-0.4, -0.2) is 15.5 Å². The lowest BCUT2D eigenvalue weighted by Gasteiger charge is -2.05. The zero-order chi connectivity index (χ0) is 17.6. The number of benzene rings is 1. The molecule has 0 aliphatic carbocycles. The lowest BCUT2D eigenvalue weighted by Crippen LogP contribution is -2.31. The van der Waals surface area contributed by atoms with Gasteiger partial charge in [0.05, 0.1) is 6.54 Å². The molecule has 1 aromatic carbocycles. The Morgan fingerprint density at radius 1 is 1.08 bits per heavy atom. The van der Waals surface area contributed by atoms with Crippen molar-refractivity contribution in [2.45, 2.75) is 19.5 Å². The van der Waals surface area contributed by atoms with Crippen LogP contribution in [0.15, 0.2) is 68.7 Å². The number of H-pyrrole nitrogens is 1. The van der Waals surface area contributed by atoms with Gasteiger partial charge in [0, 0.05) is 30.8 Å². The molecule has 3 aromatic rings. The van der Waals surface area contributed by atoms with E-state index in [1.807, 2.05) is 42.5 Å². The smallest absolute Gasteiger partial charge is 0.328 e. The normalized spacial score (nSPS) is 10.6. The van der Waals surface area contributed by atoms with Crippen LogP contribution in [0.4, 0.5) is 0 Å². The summed E-state index contributed by atoms with van der Waals surface area (Å²) in [7, 11) is 0. The molecule has 0 spiro atoms. The van der Waals surface area contributed by atoms with Crippen LogP contribution < -0.4 is 16.6 Å². The Kier molecular flexibility index (Phi) is 4.94. The summed E-state index contributed by atoms with van der Waals surface area (Å²) in [5.41, 5.74) is -0.0194. The number of hydrogen-bond acceptors (Lipinski definition) is 4. The number of carbonyl (C=O) groups excluding carboxylic acids is 1. The second kappa shape index (κ2) is 7.48. The molecule has 1 amide bonds. The van der Waals surface area contributed by atoms with Gasteiger partial charge in [-0.25, -0.2) is 4.79 Å². The van der Waals surface area contributed by atoms with Crippen molar-refractivity contribution in [2.24, 2.45) is 0 Å². The molecule has 0 radical (unpaired) electrons. The molecule has 2 heterocycles. The van der Waals surface area contributed by atoms with E-state index in [0.717, 1.165) is 11.3 Å². The Hall–Kier alpha value is -3.35. The predicted octanol–water partition coefficient (Wildman–Crippen LogP) is 1.50. The molecule has 128 valence electrons. The highest BCUT2D eigenvalue weighted by Gasteiger charge is 2.07. The van der Waals surface area contributed by atoms with Crippen molar-refractivity contribution in [3.8, 4) is 11.3 Å². The van der Waals surface area contributed by atoms with Crippen molar-refractivity contribution in [3.63, 3.8) is 0 Å². The topological polar surface area (TPSA) is 97.1 Å². The minimum Gasteiger partial charge on any atom is -0.459 e. The number of hydrogen-bond donors (Lipinski definition) is 2. The van der Waals surface area contributed by atoms with Gasteiger partial charge in [0.15, 0.2) is 0 Å². The lowest BCUT2D eigenvalue weighted by molar-refractivity contribution is -0.121. The molecule has 0 fully saturated rings. The van der Waals surface area contributed by atoms with E-state index in [0.29, 0.717) is 5.76 Å². The van der Waals surface area contributed by atoms with E-state index in [1.165, 1.54) is 16.8 Å². The molecule has 0 saturated carbocycles. The molecule has 0 aliphatic rings. The second-order valence-electron chi connectivity index (χ2n) is 5.46. The second-order valence-corrected chi connectivity index (χ2v) is 5.46. The van der Waals surface area contributed by atoms with E-state index >= 15 is 0 Å². The number of nitrogens with zero attached hydrogens (tertiary/aromatic N) is 1. The van der Waals surface area contributed by atoms with Crippen LogP contribution in [0.25, 0.3) is 11.3 Å². The summed E-state index contributed by atoms with van der Waals surface area (Å²) in [5.74, 6) is 1.17. The van der Waals surface area contributed by atoms with Crippen molar-refractivity contribution < 1.29 is 9.21 Å². The van der Waals surface area contributed by atoms with Gasteiger partial charge in [-0.2, -0.15) is 0 Å². The number of carbonyl (C=O) groups is 1. The standard InChI is InChI=1S/C18H17N3O4/c22-16(8-10-21-11-9-17(23)20-18(21)24)19-12-14-6-7-15(25-14)13-4-2-1-3-5-13/h1-7,9,11H,8,10,12H2,(H,19,22)(H,20,23,24). The molecule has 0 aliphatic heterocycles. The summed E-state index contributed by atoms with van der Waals surface area (Å²) in [6.45, 7) is 0.459. The third-order valence-electron chi connectivity index (χ3n) is 3.66. The minimum absolute atomic E-state index is 0.123. The number of rotatable bonds is 6. The number of furan rings is 1. The first-order valence-corrected chi connectivity index (χ1v) is 7.82. The Balaban J connectivity index is 1.52. The number of aryl methyl sites for hydroxylation is 1. The summed E-state index contributed by atoms with van der Waals surface area (Å²) in [6, 6.07) is 14.6. The Morgan fingerprint density at radius 2 is 1.88 bits per heavy atom.